The van der Waals surface area contributed by atoms with E-state index in [1.54, 1.807) is 18.2 Å². The number of H-pyrrole nitrogens is 1. The Morgan fingerprint density at radius 2 is 2.19 bits per heavy atom. The first-order valence-electron chi connectivity index (χ1n) is 5.80. The van der Waals surface area contributed by atoms with Crippen molar-refractivity contribution in [2.75, 3.05) is 11.6 Å². The number of hydrogen-bond donors (Lipinski definition) is 2. The normalized spacial score (nSPS) is 11.7. The van der Waals surface area contributed by atoms with E-state index in [-0.39, 0.29) is 16.8 Å². The number of nitrogens with zero attached hydrogens (tertiary/aromatic N) is 4. The first-order chi connectivity index (χ1) is 9.97. The van der Waals surface area contributed by atoms with E-state index in [0.29, 0.717) is 5.52 Å². The van der Waals surface area contributed by atoms with Crippen molar-refractivity contribution in [2.45, 2.75) is 5.16 Å². The van der Waals surface area contributed by atoms with E-state index in [9.17, 15) is 13.2 Å². The minimum absolute atomic E-state index is 0.00701. The zero-order valence-corrected chi connectivity index (χ0v) is 11.6. The van der Waals surface area contributed by atoms with Crippen LogP contribution in [0, 0.1) is 0 Å². The largest absolute Gasteiger partial charge is 0.290 e. The fourth-order valence-corrected chi connectivity index (χ4v) is 2.64. The molecule has 0 radical (unpaired) electrons. The molecule has 108 valence electrons. The van der Waals surface area contributed by atoms with Crippen molar-refractivity contribution in [3.8, 4) is 0 Å². The first-order valence-corrected chi connectivity index (χ1v) is 7.70. The predicted molar refractivity (Wildman–Crippen MR) is 72.6 cm³/mol. The van der Waals surface area contributed by atoms with Gasteiger partial charge in [0.05, 0.1) is 5.52 Å². The number of rotatable bonds is 3. The number of imidazole rings is 1. The second kappa shape index (κ2) is 4.66. The number of anilines is 1. The molecule has 0 aliphatic carbocycles. The van der Waals surface area contributed by atoms with Gasteiger partial charge >= 0.3 is 0 Å². The maximum atomic E-state index is 12.2. The Morgan fingerprint density at radius 3 is 2.86 bits per heavy atom. The number of aromatic nitrogens is 5. The SMILES string of the molecule is CS(=O)(=O)c1nc(C(=O)Nc2ncn[nH]2)c2ccccn12. The van der Waals surface area contributed by atoms with Gasteiger partial charge in [-0.05, 0) is 12.1 Å². The summed E-state index contributed by atoms with van der Waals surface area (Å²) in [6, 6.07) is 4.95. The lowest BCUT2D eigenvalue weighted by atomic mass is 10.3. The molecule has 0 saturated carbocycles. The number of pyridine rings is 1. The summed E-state index contributed by atoms with van der Waals surface area (Å²) in [6.45, 7) is 0. The molecule has 21 heavy (non-hydrogen) atoms. The van der Waals surface area contributed by atoms with E-state index < -0.39 is 15.7 Å². The van der Waals surface area contributed by atoms with Gasteiger partial charge in [0.1, 0.15) is 6.33 Å². The molecule has 0 aromatic carbocycles. The minimum atomic E-state index is -3.57. The monoisotopic (exact) mass is 306 g/mol. The highest BCUT2D eigenvalue weighted by atomic mass is 32.2. The molecule has 10 heteroatoms. The standard InChI is InChI=1S/C11H10N6O3S/c1-21(19,20)11-14-8(7-4-2-3-5-17(7)11)9(18)15-10-12-6-13-16-10/h2-6H,1H3,(H2,12,13,15,16,18). The van der Waals surface area contributed by atoms with Gasteiger partial charge in [0.15, 0.2) is 5.69 Å². The van der Waals surface area contributed by atoms with Gasteiger partial charge in [0.25, 0.3) is 5.91 Å². The van der Waals surface area contributed by atoms with Gasteiger partial charge in [-0.3, -0.25) is 14.5 Å². The number of nitrogens with one attached hydrogen (secondary N) is 2. The van der Waals surface area contributed by atoms with E-state index >= 15 is 0 Å². The molecular formula is C11H10N6O3S. The molecule has 9 nitrogen and oxygen atoms in total. The van der Waals surface area contributed by atoms with Crippen LogP contribution in [0.15, 0.2) is 35.9 Å². The third-order valence-electron chi connectivity index (χ3n) is 2.71. The number of carbonyl (C=O) groups is 1. The topological polar surface area (TPSA) is 122 Å². The fourth-order valence-electron chi connectivity index (χ4n) is 1.87. The van der Waals surface area contributed by atoms with Crippen molar-refractivity contribution in [1.82, 2.24) is 24.6 Å². The summed E-state index contributed by atoms with van der Waals surface area (Å²) in [5.41, 5.74) is 0.377. The van der Waals surface area contributed by atoms with Gasteiger partial charge in [-0.15, -0.1) is 0 Å². The van der Waals surface area contributed by atoms with Crippen LogP contribution < -0.4 is 5.32 Å². The lowest BCUT2D eigenvalue weighted by molar-refractivity contribution is 0.102. The summed E-state index contributed by atoms with van der Waals surface area (Å²) in [5.74, 6) is -0.427. The van der Waals surface area contributed by atoms with Gasteiger partial charge in [0.2, 0.25) is 20.9 Å². The molecule has 3 aromatic heterocycles. The van der Waals surface area contributed by atoms with Crippen molar-refractivity contribution in [2.24, 2.45) is 0 Å². The summed E-state index contributed by atoms with van der Waals surface area (Å²) < 4.78 is 24.9. The Labute approximate surface area is 119 Å². The number of amides is 1. The Balaban J connectivity index is 2.13. The highest BCUT2D eigenvalue weighted by molar-refractivity contribution is 7.90. The van der Waals surface area contributed by atoms with Gasteiger partial charge in [-0.25, -0.2) is 18.5 Å². The van der Waals surface area contributed by atoms with Crippen LogP contribution in [0.3, 0.4) is 0 Å². The van der Waals surface area contributed by atoms with Gasteiger partial charge < -0.3 is 0 Å². The van der Waals surface area contributed by atoms with Crippen LogP contribution >= 0.6 is 0 Å². The molecule has 1 amide bonds. The number of hydrogen-bond acceptors (Lipinski definition) is 6. The van der Waals surface area contributed by atoms with Crippen molar-refractivity contribution in [3.05, 3.63) is 36.4 Å². The maximum absolute atomic E-state index is 12.2. The summed E-state index contributed by atoms with van der Waals surface area (Å²) >= 11 is 0. The molecule has 0 aliphatic heterocycles. The van der Waals surface area contributed by atoms with Crippen LogP contribution in [-0.2, 0) is 9.84 Å². The highest BCUT2D eigenvalue weighted by Gasteiger charge is 2.23. The van der Waals surface area contributed by atoms with E-state index in [1.807, 2.05) is 0 Å². The molecule has 0 bridgehead atoms. The van der Waals surface area contributed by atoms with Crippen molar-refractivity contribution >= 4 is 27.2 Å². The van der Waals surface area contributed by atoms with Gasteiger partial charge in [-0.1, -0.05) is 6.07 Å². The van der Waals surface area contributed by atoms with Crippen LogP contribution in [0.5, 0.6) is 0 Å². The molecule has 0 fully saturated rings. The number of fused-ring (bicyclic) bond motifs is 1. The Hall–Kier alpha value is -2.75. The van der Waals surface area contributed by atoms with Crippen LogP contribution in [0.4, 0.5) is 5.95 Å². The summed E-state index contributed by atoms with van der Waals surface area (Å²) in [6.07, 6.45) is 3.81. The molecule has 0 atom stereocenters. The smallest absolute Gasteiger partial charge is 0.278 e. The second-order valence-electron chi connectivity index (χ2n) is 4.26. The van der Waals surface area contributed by atoms with E-state index in [0.717, 1.165) is 6.26 Å². The quantitative estimate of drug-likeness (QED) is 0.708. The molecule has 3 rings (SSSR count). The zero-order valence-electron chi connectivity index (χ0n) is 10.8. The summed E-state index contributed by atoms with van der Waals surface area (Å²) in [5, 5.41) is 8.34. The van der Waals surface area contributed by atoms with Crippen molar-refractivity contribution in [3.63, 3.8) is 0 Å². The molecule has 0 unspecified atom stereocenters. The van der Waals surface area contributed by atoms with Gasteiger partial charge in [0, 0.05) is 12.5 Å². The number of carbonyl (C=O) groups excluding carboxylic acids is 1. The Kier molecular flexibility index (Phi) is 2.94. The number of aromatic amines is 1. The molecule has 0 spiro atoms. The third-order valence-corrected chi connectivity index (χ3v) is 3.66. The van der Waals surface area contributed by atoms with E-state index in [1.165, 1.54) is 16.9 Å². The molecule has 0 aliphatic rings. The number of sulfone groups is 1. The zero-order chi connectivity index (χ0) is 15.0. The first kappa shape index (κ1) is 13.2. The average Bonchev–Trinajstić information content (AvgIpc) is 3.04. The average molecular weight is 306 g/mol. The summed E-state index contributed by atoms with van der Waals surface area (Å²) in [4.78, 5) is 19.9. The fraction of sp³-hybridized carbons (Fsp3) is 0.0909. The van der Waals surface area contributed by atoms with Gasteiger partial charge in [-0.2, -0.15) is 10.1 Å². The predicted octanol–water partition coefficient (Wildman–Crippen LogP) is 0.108. The highest BCUT2D eigenvalue weighted by Crippen LogP contribution is 2.17. The van der Waals surface area contributed by atoms with Crippen LogP contribution in [0.1, 0.15) is 10.5 Å². The van der Waals surface area contributed by atoms with Crippen LogP contribution in [0.2, 0.25) is 0 Å². The second-order valence-corrected chi connectivity index (χ2v) is 6.17. The maximum Gasteiger partial charge on any atom is 0.278 e. The van der Waals surface area contributed by atoms with E-state index in [2.05, 4.69) is 25.5 Å². The van der Waals surface area contributed by atoms with Crippen molar-refractivity contribution in [1.29, 1.82) is 0 Å². The molecule has 0 saturated heterocycles. The molecule has 3 aromatic rings. The Morgan fingerprint density at radius 1 is 1.38 bits per heavy atom. The third kappa shape index (κ3) is 2.36. The lowest BCUT2D eigenvalue weighted by Gasteiger charge is -1.98. The molecule has 3 heterocycles. The minimum Gasteiger partial charge on any atom is -0.290 e. The molecular weight excluding hydrogens is 296 g/mol. The van der Waals surface area contributed by atoms with Crippen LogP contribution in [0.25, 0.3) is 5.52 Å². The van der Waals surface area contributed by atoms with E-state index in [4.69, 9.17) is 0 Å². The summed E-state index contributed by atoms with van der Waals surface area (Å²) in [7, 11) is -3.57. The Bertz CT molecular complexity index is 913. The molecule has 2 N–H and O–H groups in total. The lowest BCUT2D eigenvalue weighted by Crippen LogP contribution is -2.14. The van der Waals surface area contributed by atoms with Crippen molar-refractivity contribution < 1.29 is 13.2 Å². The van der Waals surface area contributed by atoms with Crippen LogP contribution in [-0.4, -0.2) is 45.1 Å².